The van der Waals surface area contributed by atoms with Gasteiger partial charge >= 0.3 is 6.03 Å². The van der Waals surface area contributed by atoms with Crippen molar-refractivity contribution in [3.8, 4) is 5.75 Å². The number of unbranched alkanes of at least 4 members (excludes halogenated alkanes) is 2. The van der Waals surface area contributed by atoms with Gasteiger partial charge in [-0.1, -0.05) is 31.9 Å². The third kappa shape index (κ3) is 8.33. The number of ether oxygens (including phenoxy) is 1. The smallest absolute Gasteiger partial charge is 0.326 e. The minimum Gasteiger partial charge on any atom is -0.497 e. The zero-order chi connectivity index (χ0) is 27.3. The number of urea groups is 1. The molecule has 0 heterocycles. The van der Waals surface area contributed by atoms with Crippen LogP contribution in [0.15, 0.2) is 72.8 Å². The van der Waals surface area contributed by atoms with Crippen LogP contribution in [0.5, 0.6) is 5.75 Å². The van der Waals surface area contributed by atoms with E-state index in [0.29, 0.717) is 42.2 Å². The summed E-state index contributed by atoms with van der Waals surface area (Å²) in [5, 5.41) is 16.6. The van der Waals surface area contributed by atoms with Crippen LogP contribution < -0.4 is 20.3 Å². The molecule has 0 spiro atoms. The highest BCUT2D eigenvalue weighted by Crippen LogP contribution is 2.22. The number of hydrogen-bond donors (Lipinski definition) is 2. The van der Waals surface area contributed by atoms with Crippen molar-refractivity contribution in [2.24, 2.45) is 0 Å². The fraction of sp³-hybridized carbons (Fsp3) is 0.310. The molecule has 38 heavy (non-hydrogen) atoms. The average molecular weight is 519 g/mol. The Labute approximate surface area is 223 Å². The summed E-state index contributed by atoms with van der Waals surface area (Å²) in [6.45, 7) is 2.89. The minimum absolute atomic E-state index is 0.0584. The van der Waals surface area contributed by atoms with Gasteiger partial charge in [0.15, 0.2) is 0 Å². The van der Waals surface area contributed by atoms with Gasteiger partial charge in [0.25, 0.3) is 11.6 Å². The van der Waals surface area contributed by atoms with Gasteiger partial charge in [-0.15, -0.1) is 0 Å². The Kier molecular flexibility index (Phi) is 10.7. The molecular formula is C29H34N4O5. The Hall–Kier alpha value is -4.40. The van der Waals surface area contributed by atoms with Gasteiger partial charge in [-0.05, 0) is 73.4 Å². The van der Waals surface area contributed by atoms with E-state index >= 15 is 0 Å². The zero-order valence-corrected chi connectivity index (χ0v) is 21.8. The van der Waals surface area contributed by atoms with Crippen molar-refractivity contribution in [1.29, 1.82) is 0 Å². The number of benzene rings is 3. The molecule has 0 aliphatic heterocycles. The van der Waals surface area contributed by atoms with Gasteiger partial charge in [0.2, 0.25) is 0 Å². The van der Waals surface area contributed by atoms with Crippen molar-refractivity contribution < 1.29 is 19.2 Å². The molecule has 9 heteroatoms. The lowest BCUT2D eigenvalue weighted by Crippen LogP contribution is -2.37. The molecule has 3 amide bonds. The molecule has 200 valence electrons. The van der Waals surface area contributed by atoms with Gasteiger partial charge in [0.05, 0.1) is 12.0 Å². The zero-order valence-electron chi connectivity index (χ0n) is 21.8. The maximum atomic E-state index is 13.1. The summed E-state index contributed by atoms with van der Waals surface area (Å²) in [5.74, 6) is 0.504. The Balaban J connectivity index is 1.58. The molecule has 0 fully saturated rings. The largest absolute Gasteiger partial charge is 0.497 e. The molecule has 2 N–H and O–H groups in total. The lowest BCUT2D eigenvalue weighted by atomic mass is 10.1. The molecule has 0 aliphatic carbocycles. The van der Waals surface area contributed by atoms with E-state index in [1.165, 1.54) is 42.7 Å². The third-order valence-electron chi connectivity index (χ3n) is 6.09. The van der Waals surface area contributed by atoms with Crippen LogP contribution in [0.3, 0.4) is 0 Å². The normalized spacial score (nSPS) is 10.5. The van der Waals surface area contributed by atoms with Crippen molar-refractivity contribution in [2.45, 2.75) is 39.0 Å². The molecular weight excluding hydrogens is 484 g/mol. The number of nitro groups is 1. The van der Waals surface area contributed by atoms with Crippen molar-refractivity contribution in [3.63, 3.8) is 0 Å². The van der Waals surface area contributed by atoms with Crippen LogP contribution in [-0.4, -0.2) is 37.1 Å². The number of hydrogen-bond acceptors (Lipinski definition) is 5. The van der Waals surface area contributed by atoms with Crippen LogP contribution in [-0.2, 0) is 6.42 Å². The van der Waals surface area contributed by atoms with Crippen molar-refractivity contribution in [3.05, 3.63) is 94.0 Å². The average Bonchev–Trinajstić information content (AvgIpc) is 2.94. The predicted molar refractivity (Wildman–Crippen MR) is 149 cm³/mol. The number of nitro benzene ring substituents is 1. The molecule has 3 rings (SSSR count). The summed E-state index contributed by atoms with van der Waals surface area (Å²) in [7, 11) is 1.57. The van der Waals surface area contributed by atoms with Crippen LogP contribution in [0.2, 0.25) is 0 Å². The second-order valence-corrected chi connectivity index (χ2v) is 8.85. The van der Waals surface area contributed by atoms with Gasteiger partial charge in [-0.2, -0.15) is 0 Å². The van der Waals surface area contributed by atoms with E-state index in [4.69, 9.17) is 4.74 Å². The molecule has 9 nitrogen and oxygen atoms in total. The molecule has 0 atom stereocenters. The highest BCUT2D eigenvalue weighted by Gasteiger charge is 2.17. The van der Waals surface area contributed by atoms with E-state index in [1.807, 2.05) is 24.3 Å². The third-order valence-corrected chi connectivity index (χ3v) is 6.09. The fourth-order valence-electron chi connectivity index (χ4n) is 3.91. The molecule has 0 unspecified atom stereocenters. The van der Waals surface area contributed by atoms with E-state index in [9.17, 15) is 19.7 Å². The number of anilines is 2. The first-order valence-corrected chi connectivity index (χ1v) is 12.8. The quantitative estimate of drug-likeness (QED) is 0.159. The second-order valence-electron chi connectivity index (χ2n) is 8.85. The molecule has 0 aliphatic rings. The van der Waals surface area contributed by atoms with E-state index < -0.39 is 11.0 Å². The van der Waals surface area contributed by atoms with E-state index in [0.717, 1.165) is 12.8 Å². The number of rotatable bonds is 13. The van der Waals surface area contributed by atoms with Gasteiger partial charge in [0, 0.05) is 42.2 Å². The molecule has 0 saturated heterocycles. The van der Waals surface area contributed by atoms with Gasteiger partial charge in [-0.3, -0.25) is 19.8 Å². The minimum atomic E-state index is -0.495. The number of methoxy groups -OCH3 is 1. The second kappa shape index (κ2) is 14.4. The number of nitrogens with zero attached hydrogens (tertiary/aromatic N) is 2. The fourth-order valence-corrected chi connectivity index (χ4v) is 3.91. The molecule has 3 aromatic rings. The van der Waals surface area contributed by atoms with Crippen LogP contribution >= 0.6 is 0 Å². The van der Waals surface area contributed by atoms with Crippen molar-refractivity contribution in [1.82, 2.24) is 5.32 Å². The first-order chi connectivity index (χ1) is 18.4. The molecule has 0 saturated carbocycles. The van der Waals surface area contributed by atoms with Crippen LogP contribution in [0, 0.1) is 10.1 Å². The topological polar surface area (TPSA) is 114 Å². The van der Waals surface area contributed by atoms with E-state index in [1.54, 1.807) is 36.3 Å². The highest BCUT2D eigenvalue weighted by molar-refractivity contribution is 6.01. The van der Waals surface area contributed by atoms with E-state index in [2.05, 4.69) is 17.6 Å². The number of carbonyl (C=O) groups is 2. The number of nitrogens with one attached hydrogen (secondary N) is 2. The van der Waals surface area contributed by atoms with Crippen LogP contribution in [0.4, 0.5) is 21.9 Å². The Morgan fingerprint density at radius 2 is 1.61 bits per heavy atom. The Morgan fingerprint density at radius 1 is 0.921 bits per heavy atom. The first kappa shape index (κ1) is 28.2. The summed E-state index contributed by atoms with van der Waals surface area (Å²) in [6, 6.07) is 20.0. The Morgan fingerprint density at radius 3 is 2.21 bits per heavy atom. The molecule has 0 aromatic heterocycles. The number of aryl methyl sites for hydroxylation is 1. The summed E-state index contributed by atoms with van der Waals surface area (Å²) in [6.07, 6.45) is 5.04. The maximum Gasteiger partial charge on any atom is 0.326 e. The summed E-state index contributed by atoms with van der Waals surface area (Å²) < 4.78 is 5.21. The Bertz CT molecular complexity index is 1200. The monoisotopic (exact) mass is 518 g/mol. The van der Waals surface area contributed by atoms with Crippen molar-refractivity contribution in [2.75, 3.05) is 30.4 Å². The number of amides is 3. The van der Waals surface area contributed by atoms with Crippen LogP contribution in [0.25, 0.3) is 0 Å². The van der Waals surface area contributed by atoms with Gasteiger partial charge in [0.1, 0.15) is 5.75 Å². The lowest BCUT2D eigenvalue weighted by Gasteiger charge is -2.23. The lowest BCUT2D eigenvalue weighted by molar-refractivity contribution is -0.384. The van der Waals surface area contributed by atoms with Gasteiger partial charge in [-0.25, -0.2) is 4.79 Å². The number of carbonyl (C=O) groups excluding carboxylic acids is 2. The summed E-state index contributed by atoms with van der Waals surface area (Å²) >= 11 is 0. The molecule has 0 radical (unpaired) electrons. The van der Waals surface area contributed by atoms with E-state index in [-0.39, 0.29) is 11.6 Å². The standard InChI is InChI=1S/C29H34N4O5/c1-3-4-5-7-22-8-10-23(11-9-22)28(34)30-20-6-21-32(25-16-18-27(38-2)19-17-25)29(35)31-24-12-14-26(15-13-24)33(36)37/h8-19H,3-7,20-21H2,1-2H3,(H,30,34)(H,31,35). The van der Waals surface area contributed by atoms with Gasteiger partial charge < -0.3 is 15.4 Å². The molecule has 3 aromatic carbocycles. The summed E-state index contributed by atoms with van der Waals surface area (Å²) in [5.41, 5.74) is 2.86. The predicted octanol–water partition coefficient (Wildman–Crippen LogP) is 6.19. The van der Waals surface area contributed by atoms with Crippen LogP contribution in [0.1, 0.15) is 48.5 Å². The van der Waals surface area contributed by atoms with Crippen molar-refractivity contribution >= 4 is 29.0 Å². The maximum absolute atomic E-state index is 13.1. The SMILES string of the molecule is CCCCCc1ccc(C(=O)NCCCN(C(=O)Nc2ccc([N+](=O)[O-])cc2)c2ccc(OC)cc2)cc1. The first-order valence-electron chi connectivity index (χ1n) is 12.8. The molecule has 0 bridgehead atoms. The highest BCUT2D eigenvalue weighted by atomic mass is 16.6. The number of non-ortho nitro benzene ring substituents is 1. The summed E-state index contributed by atoms with van der Waals surface area (Å²) in [4.78, 5) is 37.7.